The summed E-state index contributed by atoms with van der Waals surface area (Å²) in [6, 6.07) is 18.7. The summed E-state index contributed by atoms with van der Waals surface area (Å²) in [5.74, 6) is 1.06. The number of aromatic nitrogens is 2. The minimum atomic E-state index is -0.313. The summed E-state index contributed by atoms with van der Waals surface area (Å²) >= 11 is 0. The molecule has 0 atom stereocenters. The van der Waals surface area contributed by atoms with Crippen LogP contribution in [0, 0.1) is 0 Å². The number of piperazine rings is 1. The van der Waals surface area contributed by atoms with Crippen LogP contribution in [0.1, 0.15) is 5.56 Å². The van der Waals surface area contributed by atoms with Gasteiger partial charge < -0.3 is 14.4 Å². The van der Waals surface area contributed by atoms with Crippen LogP contribution in [0.2, 0.25) is 0 Å². The van der Waals surface area contributed by atoms with Gasteiger partial charge in [-0.15, -0.1) is 0 Å². The number of nitrogens with zero attached hydrogens (tertiary/aromatic N) is 4. The standard InChI is InChI=1S/C27H30N4O4/c1-34-24-12-10-22(19-25(24)35-2)23-11-13-26(32)31(28-23)20-27(33)30-17-15-29(16-18-30)14-6-9-21-7-4-3-5-8-21/h3-13,19H,14-18,20H2,1-2H3/b9-6+. The van der Waals surface area contributed by atoms with E-state index in [1.165, 1.54) is 16.3 Å². The van der Waals surface area contributed by atoms with E-state index in [0.29, 0.717) is 30.3 Å². The lowest BCUT2D eigenvalue weighted by Crippen LogP contribution is -2.50. The molecule has 1 saturated heterocycles. The van der Waals surface area contributed by atoms with Gasteiger partial charge in [0.2, 0.25) is 5.91 Å². The first-order valence-corrected chi connectivity index (χ1v) is 11.6. The van der Waals surface area contributed by atoms with Crippen molar-refractivity contribution in [1.82, 2.24) is 19.6 Å². The molecule has 0 unspecified atom stereocenters. The summed E-state index contributed by atoms with van der Waals surface area (Å²) in [6.45, 7) is 3.58. The highest BCUT2D eigenvalue weighted by atomic mass is 16.5. The first kappa shape index (κ1) is 24.2. The van der Waals surface area contributed by atoms with Crippen LogP contribution in [0.4, 0.5) is 0 Å². The van der Waals surface area contributed by atoms with Crippen LogP contribution in [0.25, 0.3) is 17.3 Å². The fraction of sp³-hybridized carbons (Fsp3) is 0.296. The average molecular weight is 475 g/mol. The van der Waals surface area contributed by atoms with E-state index < -0.39 is 0 Å². The Kier molecular flexibility index (Phi) is 7.95. The van der Waals surface area contributed by atoms with Crippen molar-refractivity contribution in [3.63, 3.8) is 0 Å². The Morgan fingerprint density at radius 2 is 1.69 bits per heavy atom. The zero-order valence-corrected chi connectivity index (χ0v) is 20.1. The summed E-state index contributed by atoms with van der Waals surface area (Å²) in [5, 5.41) is 4.43. The van der Waals surface area contributed by atoms with Gasteiger partial charge in [0.05, 0.1) is 19.9 Å². The second-order valence-corrected chi connectivity index (χ2v) is 8.28. The molecule has 0 saturated carbocycles. The Hall–Kier alpha value is -3.91. The molecule has 1 fully saturated rings. The smallest absolute Gasteiger partial charge is 0.267 e. The topological polar surface area (TPSA) is 76.9 Å². The Morgan fingerprint density at radius 3 is 2.40 bits per heavy atom. The van der Waals surface area contributed by atoms with Gasteiger partial charge in [-0.2, -0.15) is 5.10 Å². The SMILES string of the molecule is COc1ccc(-c2ccc(=O)n(CC(=O)N3CCN(C/C=C/c4ccccc4)CC3)n2)cc1OC. The predicted molar refractivity (Wildman–Crippen MR) is 136 cm³/mol. The lowest BCUT2D eigenvalue weighted by Gasteiger charge is -2.34. The molecule has 3 aromatic rings. The van der Waals surface area contributed by atoms with Gasteiger partial charge >= 0.3 is 0 Å². The molecule has 0 bridgehead atoms. The first-order chi connectivity index (χ1) is 17.1. The predicted octanol–water partition coefficient (Wildman–Crippen LogP) is 2.79. The molecular weight excluding hydrogens is 444 g/mol. The molecule has 8 heteroatoms. The largest absolute Gasteiger partial charge is 0.493 e. The van der Waals surface area contributed by atoms with Crippen molar-refractivity contribution in [2.24, 2.45) is 0 Å². The van der Waals surface area contributed by atoms with Crippen LogP contribution >= 0.6 is 0 Å². The van der Waals surface area contributed by atoms with Crippen molar-refractivity contribution in [3.8, 4) is 22.8 Å². The Balaban J connectivity index is 1.35. The van der Waals surface area contributed by atoms with Crippen molar-refractivity contribution in [2.45, 2.75) is 6.54 Å². The zero-order valence-electron chi connectivity index (χ0n) is 20.1. The van der Waals surface area contributed by atoms with Crippen LogP contribution in [-0.2, 0) is 11.3 Å². The third-order valence-electron chi connectivity index (χ3n) is 6.03. The van der Waals surface area contributed by atoms with E-state index in [2.05, 4.69) is 34.3 Å². The van der Waals surface area contributed by atoms with Crippen molar-refractivity contribution < 1.29 is 14.3 Å². The molecule has 1 amide bonds. The van der Waals surface area contributed by atoms with Gasteiger partial charge in [-0.3, -0.25) is 14.5 Å². The van der Waals surface area contributed by atoms with Gasteiger partial charge in [0.15, 0.2) is 11.5 Å². The Morgan fingerprint density at radius 1 is 0.943 bits per heavy atom. The van der Waals surface area contributed by atoms with Crippen molar-refractivity contribution in [1.29, 1.82) is 0 Å². The van der Waals surface area contributed by atoms with E-state index in [1.807, 2.05) is 24.3 Å². The average Bonchev–Trinajstić information content (AvgIpc) is 2.90. The highest BCUT2D eigenvalue weighted by Gasteiger charge is 2.21. The zero-order chi connectivity index (χ0) is 24.6. The number of amides is 1. The molecule has 0 spiro atoms. The van der Waals surface area contributed by atoms with Crippen LogP contribution in [0.5, 0.6) is 11.5 Å². The highest BCUT2D eigenvalue weighted by molar-refractivity contribution is 5.76. The van der Waals surface area contributed by atoms with Gasteiger partial charge in [-0.05, 0) is 29.8 Å². The van der Waals surface area contributed by atoms with Gasteiger partial charge in [0, 0.05) is 44.4 Å². The molecule has 1 aliphatic heterocycles. The summed E-state index contributed by atoms with van der Waals surface area (Å²) < 4.78 is 11.9. The highest BCUT2D eigenvalue weighted by Crippen LogP contribution is 2.31. The maximum atomic E-state index is 12.9. The van der Waals surface area contributed by atoms with Gasteiger partial charge in [0.25, 0.3) is 5.56 Å². The number of methoxy groups -OCH3 is 2. The Bertz CT molecular complexity index is 1230. The number of hydrogen-bond donors (Lipinski definition) is 0. The van der Waals surface area contributed by atoms with Crippen LogP contribution in [-0.4, -0.2) is 72.4 Å². The molecule has 0 N–H and O–H groups in total. The van der Waals surface area contributed by atoms with E-state index in [0.717, 1.165) is 25.2 Å². The van der Waals surface area contributed by atoms with Crippen molar-refractivity contribution >= 4 is 12.0 Å². The molecule has 8 nitrogen and oxygen atoms in total. The summed E-state index contributed by atoms with van der Waals surface area (Å²) in [5.41, 5.74) is 2.20. The number of ether oxygens (including phenoxy) is 2. The lowest BCUT2D eigenvalue weighted by molar-refractivity contribution is -0.133. The van der Waals surface area contributed by atoms with Gasteiger partial charge in [0.1, 0.15) is 6.54 Å². The number of rotatable bonds is 8. The molecule has 2 heterocycles. The van der Waals surface area contributed by atoms with Gasteiger partial charge in [-0.1, -0.05) is 42.5 Å². The van der Waals surface area contributed by atoms with Gasteiger partial charge in [-0.25, -0.2) is 4.68 Å². The number of hydrogen-bond acceptors (Lipinski definition) is 6. The minimum absolute atomic E-state index is 0.0894. The fourth-order valence-electron chi connectivity index (χ4n) is 4.02. The quantitative estimate of drug-likeness (QED) is 0.500. The number of benzene rings is 2. The molecule has 4 rings (SSSR count). The molecule has 0 radical (unpaired) electrons. The second-order valence-electron chi connectivity index (χ2n) is 8.28. The van der Waals surface area contributed by atoms with E-state index in [1.54, 1.807) is 37.3 Å². The maximum absolute atomic E-state index is 12.9. The molecular formula is C27H30N4O4. The molecule has 1 aromatic heterocycles. The van der Waals surface area contributed by atoms with Crippen LogP contribution in [0.15, 0.2) is 71.5 Å². The molecule has 35 heavy (non-hydrogen) atoms. The molecule has 182 valence electrons. The normalized spacial score (nSPS) is 14.3. The van der Waals surface area contributed by atoms with Crippen molar-refractivity contribution in [3.05, 3.63) is 82.7 Å². The molecule has 1 aliphatic rings. The van der Waals surface area contributed by atoms with E-state index >= 15 is 0 Å². The lowest BCUT2D eigenvalue weighted by atomic mass is 10.1. The van der Waals surface area contributed by atoms with Crippen molar-refractivity contribution in [2.75, 3.05) is 46.9 Å². The second kappa shape index (κ2) is 11.5. The van der Waals surface area contributed by atoms with Crippen LogP contribution in [0.3, 0.4) is 0 Å². The van der Waals surface area contributed by atoms with E-state index in [9.17, 15) is 9.59 Å². The Labute approximate surface area is 205 Å². The summed E-state index contributed by atoms with van der Waals surface area (Å²) in [7, 11) is 3.14. The first-order valence-electron chi connectivity index (χ1n) is 11.6. The third-order valence-corrected chi connectivity index (χ3v) is 6.03. The minimum Gasteiger partial charge on any atom is -0.493 e. The third kappa shape index (κ3) is 6.16. The molecule has 2 aromatic carbocycles. The van der Waals surface area contributed by atoms with E-state index in [4.69, 9.17) is 9.47 Å². The monoisotopic (exact) mass is 474 g/mol. The molecule has 0 aliphatic carbocycles. The fourth-order valence-corrected chi connectivity index (χ4v) is 4.02. The number of carbonyl (C=O) groups is 1. The van der Waals surface area contributed by atoms with E-state index in [-0.39, 0.29) is 18.0 Å². The van der Waals surface area contributed by atoms with Crippen LogP contribution < -0.4 is 15.0 Å². The maximum Gasteiger partial charge on any atom is 0.267 e. The summed E-state index contributed by atoms with van der Waals surface area (Å²) in [6.07, 6.45) is 4.26. The number of carbonyl (C=O) groups excluding carboxylic acids is 1. The summed E-state index contributed by atoms with van der Waals surface area (Å²) in [4.78, 5) is 29.4.